The van der Waals surface area contributed by atoms with Gasteiger partial charge >= 0.3 is 13.7 Å². The number of thiazole rings is 1. The summed E-state index contributed by atoms with van der Waals surface area (Å²) in [5, 5.41) is 11.2. The maximum atomic E-state index is 14.8. The van der Waals surface area contributed by atoms with Crippen LogP contribution in [0.1, 0.15) is 93.4 Å². The number of ether oxygens (including phenoxy) is 3. The molecule has 3 heterocycles. The van der Waals surface area contributed by atoms with Gasteiger partial charge in [0.1, 0.15) is 46.3 Å². The Morgan fingerprint density at radius 2 is 1.80 bits per heavy atom. The zero-order valence-electron chi connectivity index (χ0n) is 36.8. The summed E-state index contributed by atoms with van der Waals surface area (Å²) in [4.78, 5) is 53.9. The number of fused-ring (bicyclic) bond motifs is 1. The van der Waals surface area contributed by atoms with Gasteiger partial charge in [-0.05, 0) is 86.3 Å². The fourth-order valence-electron chi connectivity index (χ4n) is 7.50. The Bertz CT molecular complexity index is 2080. The first kappa shape index (κ1) is 47.5. The number of amides is 3. The van der Waals surface area contributed by atoms with E-state index in [1.165, 1.54) is 16.2 Å². The zero-order valence-corrected chi connectivity index (χ0v) is 38.5. The highest BCUT2D eigenvalue weighted by Gasteiger charge is 2.68. The van der Waals surface area contributed by atoms with E-state index in [1.807, 2.05) is 49.6 Å². The number of anilines is 1. The largest absolute Gasteiger partial charge is 0.497 e. The molecule has 1 aromatic carbocycles. The van der Waals surface area contributed by atoms with Crippen molar-refractivity contribution in [2.45, 2.75) is 129 Å². The number of nitrogens with zero attached hydrogens (tertiary/aromatic N) is 3. The van der Waals surface area contributed by atoms with Crippen molar-refractivity contribution in [3.63, 3.8) is 0 Å². The highest BCUT2D eigenvalue weighted by Crippen LogP contribution is 2.72. The van der Waals surface area contributed by atoms with Crippen LogP contribution < -0.4 is 25.4 Å². The third kappa shape index (κ3) is 11.7. The number of likely N-dealkylation sites (tertiary alicyclic amines) is 1. The lowest BCUT2D eigenvalue weighted by Crippen LogP contribution is -2.55. The summed E-state index contributed by atoms with van der Waals surface area (Å²) >= 11 is 1.47. The van der Waals surface area contributed by atoms with E-state index in [0.717, 1.165) is 24.4 Å². The number of aromatic nitrogens is 2. The van der Waals surface area contributed by atoms with E-state index in [2.05, 4.69) is 29.1 Å². The van der Waals surface area contributed by atoms with Crippen LogP contribution in [0.3, 0.4) is 0 Å². The van der Waals surface area contributed by atoms with Crippen molar-refractivity contribution in [1.29, 1.82) is 0 Å². The van der Waals surface area contributed by atoms with Crippen LogP contribution in [-0.2, 0) is 27.9 Å². The smallest absolute Gasteiger partial charge is 0.408 e. The van der Waals surface area contributed by atoms with Gasteiger partial charge in [-0.2, -0.15) is 0 Å². The number of hydrogen-bond donors (Lipinski definition) is 3. The summed E-state index contributed by atoms with van der Waals surface area (Å²) < 4.78 is 43.8. The van der Waals surface area contributed by atoms with Crippen molar-refractivity contribution in [1.82, 2.24) is 25.5 Å². The van der Waals surface area contributed by atoms with Gasteiger partial charge in [-0.25, -0.2) is 14.8 Å². The molecule has 5 atom stereocenters. The van der Waals surface area contributed by atoms with E-state index >= 15 is 0 Å². The predicted octanol–water partition coefficient (Wildman–Crippen LogP) is 8.85. The predicted molar refractivity (Wildman–Crippen MR) is 239 cm³/mol. The van der Waals surface area contributed by atoms with Gasteiger partial charge in [0.25, 0.3) is 0 Å². The van der Waals surface area contributed by atoms with Crippen LogP contribution in [0.4, 0.5) is 9.93 Å². The molecule has 2 aliphatic rings. The van der Waals surface area contributed by atoms with Crippen LogP contribution in [0, 0.1) is 5.92 Å². The number of alkyl carbamates (subject to hydrolysis) is 1. The van der Waals surface area contributed by atoms with Gasteiger partial charge in [0.05, 0.1) is 38.1 Å². The minimum absolute atomic E-state index is 0.000806. The van der Waals surface area contributed by atoms with Crippen LogP contribution in [0.15, 0.2) is 55.0 Å². The first-order valence-electron chi connectivity index (χ1n) is 21.1. The van der Waals surface area contributed by atoms with Crippen LogP contribution >= 0.6 is 18.9 Å². The van der Waals surface area contributed by atoms with E-state index < -0.39 is 60.5 Å². The molecule has 3 N–H and O–H groups in total. The van der Waals surface area contributed by atoms with Crippen molar-refractivity contribution in [3.05, 3.63) is 55.0 Å². The molecule has 1 saturated heterocycles. The highest BCUT2D eigenvalue weighted by molar-refractivity contribution is 7.56. The summed E-state index contributed by atoms with van der Waals surface area (Å²) in [6.07, 6.45) is 5.82. The van der Waals surface area contributed by atoms with Crippen molar-refractivity contribution >= 4 is 52.9 Å². The van der Waals surface area contributed by atoms with Crippen molar-refractivity contribution in [2.75, 3.05) is 32.2 Å². The number of carbonyl (C=O) groups is 3. The average molecular weight is 883 g/mol. The molecule has 15 nitrogen and oxygen atoms in total. The molecular weight excluding hydrogens is 820 g/mol. The maximum Gasteiger partial charge on any atom is 0.408 e. The standard InChI is InChI=1S/C44H63N6O9PS/c1-11-15-16-17-18-19-33(48-42(53)59-43(7,8)9)40(52)50-26-31(23-37(50)39(51)49-44(25-29(44)12-2)60(54,56-13-3)57-14-4)58-38-24-35(36-27-61-41(47-36)45-28(5)6)46-34-22-30(55-10)20-21-32(34)38/h11-12,20-22,24,27-29,31,33,37H,1-2,13-19,23,25-26H2,3-10H3,(H,45,47)(H,48,53)(H,49,51)/t29?,31-,33?,37+,44?/m1/s1. The number of methoxy groups -OCH3 is 1. The van der Waals surface area contributed by atoms with E-state index in [0.29, 0.717) is 46.6 Å². The van der Waals surface area contributed by atoms with Crippen molar-refractivity contribution in [2.24, 2.45) is 5.92 Å². The second-order valence-electron chi connectivity index (χ2n) is 16.6. The number of nitrogens with one attached hydrogen (secondary N) is 3. The van der Waals surface area contributed by atoms with E-state index in [-0.39, 0.29) is 38.6 Å². The second-order valence-corrected chi connectivity index (χ2v) is 19.8. The number of carbonyl (C=O) groups excluding carboxylic acids is 3. The average Bonchev–Trinajstić information content (AvgIpc) is 3.47. The topological polar surface area (TPSA) is 180 Å². The second kappa shape index (κ2) is 20.6. The van der Waals surface area contributed by atoms with Gasteiger partial charge < -0.3 is 44.1 Å². The molecule has 1 saturated carbocycles. The third-order valence-corrected chi connectivity index (χ3v) is 14.0. The molecule has 0 bridgehead atoms. The number of rotatable bonds is 22. The fourth-order valence-corrected chi connectivity index (χ4v) is 10.7. The number of allylic oxidation sites excluding steroid dienone is 1. The highest BCUT2D eigenvalue weighted by atomic mass is 32.1. The van der Waals surface area contributed by atoms with Crippen LogP contribution in [0.25, 0.3) is 22.3 Å². The minimum atomic E-state index is -3.89. The van der Waals surface area contributed by atoms with Crippen molar-refractivity contribution in [3.8, 4) is 22.9 Å². The lowest BCUT2D eigenvalue weighted by atomic mass is 10.1. The molecule has 1 aliphatic heterocycles. The molecule has 334 valence electrons. The Morgan fingerprint density at radius 3 is 2.43 bits per heavy atom. The Hall–Kier alpha value is -4.50. The molecule has 0 spiro atoms. The Morgan fingerprint density at radius 1 is 1.07 bits per heavy atom. The van der Waals surface area contributed by atoms with Gasteiger partial charge in [0, 0.05) is 41.3 Å². The molecule has 3 amide bonds. The van der Waals surface area contributed by atoms with Crippen LogP contribution in [0.5, 0.6) is 11.5 Å². The van der Waals surface area contributed by atoms with Gasteiger partial charge in [-0.15, -0.1) is 24.5 Å². The fraction of sp³-hybridized carbons (Fsp3) is 0.568. The minimum Gasteiger partial charge on any atom is -0.497 e. The molecule has 3 unspecified atom stereocenters. The van der Waals surface area contributed by atoms with Crippen LogP contribution in [0.2, 0.25) is 0 Å². The quantitative estimate of drug-likeness (QED) is 0.0497. The lowest BCUT2D eigenvalue weighted by molar-refractivity contribution is -0.140. The third-order valence-electron chi connectivity index (χ3n) is 10.4. The molecule has 3 aromatic rings. The normalized spacial score (nSPS) is 20.5. The molecule has 0 radical (unpaired) electrons. The van der Waals surface area contributed by atoms with Gasteiger partial charge in [0.2, 0.25) is 11.8 Å². The number of unbranched alkanes of at least 4 members (excludes halogenated alkanes) is 3. The van der Waals surface area contributed by atoms with E-state index in [1.54, 1.807) is 47.8 Å². The monoisotopic (exact) mass is 882 g/mol. The molecule has 2 aromatic heterocycles. The first-order chi connectivity index (χ1) is 29.0. The Kier molecular flexibility index (Phi) is 16.0. The number of pyridine rings is 1. The van der Waals surface area contributed by atoms with Gasteiger partial charge in [-0.1, -0.05) is 25.0 Å². The lowest BCUT2D eigenvalue weighted by Gasteiger charge is -2.32. The first-order valence-corrected chi connectivity index (χ1v) is 23.5. The van der Waals surface area contributed by atoms with Gasteiger partial charge in [0.15, 0.2) is 5.13 Å². The van der Waals surface area contributed by atoms with Crippen LogP contribution in [-0.4, -0.2) is 94.8 Å². The molecule has 1 aliphatic carbocycles. The summed E-state index contributed by atoms with van der Waals surface area (Å²) in [5.41, 5.74) is 1.00. The SMILES string of the molecule is C=CCCCCCC(NC(=O)OC(C)(C)C)C(=O)N1C[C@H](Oc2cc(-c3csc(NC(C)C)n3)nc3cc(OC)ccc23)C[C@H]1C(=O)NC1(P(=O)(OCC)OCC)CC1C=C. The zero-order chi connectivity index (χ0) is 44.5. The Balaban J connectivity index is 1.53. The number of hydrogen-bond acceptors (Lipinski definition) is 13. The molecule has 61 heavy (non-hydrogen) atoms. The summed E-state index contributed by atoms with van der Waals surface area (Å²) in [6.45, 7) is 20.6. The number of benzene rings is 1. The molecule has 17 heteroatoms. The van der Waals surface area contributed by atoms with E-state index in [4.69, 9.17) is 33.2 Å². The maximum absolute atomic E-state index is 14.8. The molecular formula is C44H63N6O9PS. The molecule has 2 fully saturated rings. The van der Waals surface area contributed by atoms with E-state index in [9.17, 15) is 18.9 Å². The Labute approximate surface area is 363 Å². The summed E-state index contributed by atoms with van der Waals surface area (Å²) in [5.74, 6) is -0.338. The summed E-state index contributed by atoms with van der Waals surface area (Å²) in [7, 11) is -2.31. The molecule has 5 rings (SSSR count). The van der Waals surface area contributed by atoms with Gasteiger partial charge in [-0.3, -0.25) is 14.2 Å². The summed E-state index contributed by atoms with van der Waals surface area (Å²) in [6, 6.07) is 5.38. The van der Waals surface area contributed by atoms with Crippen molar-refractivity contribution < 1.29 is 42.2 Å².